The highest BCUT2D eigenvalue weighted by Gasteiger charge is 2.20. The van der Waals surface area contributed by atoms with Gasteiger partial charge in [-0.05, 0) is 32.4 Å². The normalized spacial score (nSPS) is 10.7. The van der Waals surface area contributed by atoms with Crippen molar-refractivity contribution < 1.29 is 14.7 Å². The first-order chi connectivity index (χ1) is 8.41. The maximum atomic E-state index is 12.2. The van der Waals surface area contributed by atoms with Crippen LogP contribution in [0, 0.1) is 0 Å². The van der Waals surface area contributed by atoms with Crippen LogP contribution in [0.5, 0.6) is 0 Å². The van der Waals surface area contributed by atoms with Crippen LogP contribution in [0.1, 0.15) is 36.4 Å². The number of amides is 1. The zero-order chi connectivity index (χ0) is 13.7. The predicted octanol–water partition coefficient (Wildman–Crippen LogP) is 3.12. The summed E-state index contributed by atoms with van der Waals surface area (Å²) in [5.41, 5.74) is 0. The number of nitrogens with zero attached hydrogens (tertiary/aromatic N) is 1. The summed E-state index contributed by atoms with van der Waals surface area (Å²) in [6.45, 7) is 4.26. The van der Waals surface area contributed by atoms with E-state index in [0.29, 0.717) is 22.2 Å². The van der Waals surface area contributed by atoms with E-state index in [2.05, 4.69) is 0 Å². The molecule has 0 unspecified atom stereocenters. The molecule has 1 heterocycles. The van der Waals surface area contributed by atoms with Gasteiger partial charge in [0.1, 0.15) is 0 Å². The molecule has 0 atom stereocenters. The quantitative estimate of drug-likeness (QED) is 0.875. The smallest absolute Gasteiger partial charge is 0.303 e. The molecule has 0 bridgehead atoms. The van der Waals surface area contributed by atoms with Gasteiger partial charge in [-0.15, -0.1) is 11.3 Å². The van der Waals surface area contributed by atoms with Crippen LogP contribution in [0.4, 0.5) is 0 Å². The maximum Gasteiger partial charge on any atom is 0.303 e. The molecule has 100 valence electrons. The van der Waals surface area contributed by atoms with Crippen molar-refractivity contribution in [3.63, 3.8) is 0 Å². The van der Waals surface area contributed by atoms with Crippen LogP contribution in [0.3, 0.4) is 0 Å². The second-order valence-electron chi connectivity index (χ2n) is 4.19. The lowest BCUT2D eigenvalue weighted by molar-refractivity contribution is -0.137. The largest absolute Gasteiger partial charge is 0.481 e. The highest BCUT2D eigenvalue weighted by molar-refractivity contribution is 7.17. The molecule has 0 fully saturated rings. The lowest BCUT2D eigenvalue weighted by Crippen LogP contribution is -2.37. The van der Waals surface area contributed by atoms with Gasteiger partial charge in [0, 0.05) is 19.0 Å². The highest BCUT2D eigenvalue weighted by Crippen LogP contribution is 2.23. The Bertz CT molecular complexity index is 431. The van der Waals surface area contributed by atoms with Crippen molar-refractivity contribution in [1.82, 2.24) is 4.90 Å². The highest BCUT2D eigenvalue weighted by atomic mass is 35.5. The van der Waals surface area contributed by atoms with E-state index in [4.69, 9.17) is 16.7 Å². The molecule has 1 N–H and O–H groups in total. The molecule has 18 heavy (non-hydrogen) atoms. The molecule has 0 aromatic carbocycles. The molecule has 1 rings (SSSR count). The average Bonchev–Trinajstić information content (AvgIpc) is 2.69. The number of halogens is 1. The van der Waals surface area contributed by atoms with Crippen molar-refractivity contribution in [2.45, 2.75) is 32.7 Å². The minimum absolute atomic E-state index is 0.0344. The van der Waals surface area contributed by atoms with Gasteiger partial charge in [0.05, 0.1) is 9.21 Å². The molecule has 6 heteroatoms. The number of carboxylic acid groups (broad SMARTS) is 1. The molecule has 0 saturated heterocycles. The topological polar surface area (TPSA) is 57.6 Å². The number of hydrogen-bond acceptors (Lipinski definition) is 3. The Morgan fingerprint density at radius 1 is 1.44 bits per heavy atom. The van der Waals surface area contributed by atoms with E-state index in [1.807, 2.05) is 13.8 Å². The molecule has 0 radical (unpaired) electrons. The van der Waals surface area contributed by atoms with Crippen molar-refractivity contribution in [3.8, 4) is 0 Å². The van der Waals surface area contributed by atoms with Crippen molar-refractivity contribution in [2.24, 2.45) is 0 Å². The summed E-state index contributed by atoms with van der Waals surface area (Å²) in [7, 11) is 0. The minimum Gasteiger partial charge on any atom is -0.481 e. The lowest BCUT2D eigenvalue weighted by Gasteiger charge is -2.26. The Morgan fingerprint density at radius 3 is 2.56 bits per heavy atom. The fraction of sp³-hybridized carbons (Fsp3) is 0.500. The standard InChI is InChI=1S/C12H16ClNO3S/c1-8(2)14(7-3-4-11(15)16)12(17)9-5-6-10(13)18-9/h5-6,8H,3-4,7H2,1-2H3,(H,15,16). The molecule has 1 aromatic heterocycles. The first-order valence-corrected chi connectivity index (χ1v) is 6.89. The average molecular weight is 290 g/mol. The molecule has 1 amide bonds. The summed E-state index contributed by atoms with van der Waals surface area (Å²) in [4.78, 5) is 24.9. The fourth-order valence-corrected chi connectivity index (χ4v) is 2.56. The van der Waals surface area contributed by atoms with Gasteiger partial charge in [0.2, 0.25) is 0 Å². The summed E-state index contributed by atoms with van der Waals surface area (Å²) < 4.78 is 0.576. The summed E-state index contributed by atoms with van der Waals surface area (Å²) in [6, 6.07) is 3.42. The van der Waals surface area contributed by atoms with Gasteiger partial charge in [0.25, 0.3) is 5.91 Å². The van der Waals surface area contributed by atoms with Gasteiger partial charge < -0.3 is 10.0 Å². The SMILES string of the molecule is CC(C)N(CCCC(=O)O)C(=O)c1ccc(Cl)s1. The Balaban J connectivity index is 2.67. The predicted molar refractivity (Wildman–Crippen MR) is 72.4 cm³/mol. The molecular formula is C12H16ClNO3S. The van der Waals surface area contributed by atoms with Crippen LogP contribution in [0.25, 0.3) is 0 Å². The Labute approximate surface area is 115 Å². The zero-order valence-corrected chi connectivity index (χ0v) is 11.9. The summed E-state index contributed by atoms with van der Waals surface area (Å²) in [5.74, 6) is -0.933. The van der Waals surface area contributed by atoms with Gasteiger partial charge in [-0.3, -0.25) is 9.59 Å². The summed E-state index contributed by atoms with van der Waals surface area (Å²) in [6.07, 6.45) is 0.528. The van der Waals surface area contributed by atoms with Gasteiger partial charge in [0.15, 0.2) is 0 Å². The van der Waals surface area contributed by atoms with Crippen LogP contribution in [-0.2, 0) is 4.79 Å². The maximum absolute atomic E-state index is 12.2. The van der Waals surface area contributed by atoms with Crippen LogP contribution < -0.4 is 0 Å². The van der Waals surface area contributed by atoms with Crippen molar-refractivity contribution >= 4 is 34.8 Å². The first-order valence-electron chi connectivity index (χ1n) is 5.70. The third-order valence-corrected chi connectivity index (χ3v) is 3.68. The van der Waals surface area contributed by atoms with Crippen molar-refractivity contribution in [1.29, 1.82) is 0 Å². The fourth-order valence-electron chi connectivity index (χ4n) is 1.57. The molecular weight excluding hydrogens is 274 g/mol. The van der Waals surface area contributed by atoms with E-state index < -0.39 is 5.97 Å². The van der Waals surface area contributed by atoms with Gasteiger partial charge >= 0.3 is 5.97 Å². The number of hydrogen-bond donors (Lipinski definition) is 1. The Hall–Kier alpha value is -1.07. The molecule has 0 aliphatic rings. The lowest BCUT2D eigenvalue weighted by atomic mass is 10.2. The van der Waals surface area contributed by atoms with E-state index >= 15 is 0 Å². The second-order valence-corrected chi connectivity index (χ2v) is 5.91. The molecule has 0 spiro atoms. The van der Waals surface area contributed by atoms with E-state index in [1.165, 1.54) is 11.3 Å². The van der Waals surface area contributed by atoms with Crippen LogP contribution >= 0.6 is 22.9 Å². The molecule has 0 saturated carbocycles. The summed E-state index contributed by atoms with van der Waals surface area (Å²) >= 11 is 7.04. The van der Waals surface area contributed by atoms with E-state index in [1.54, 1.807) is 17.0 Å². The second kappa shape index (κ2) is 6.75. The first kappa shape index (κ1) is 15.0. The molecule has 0 aliphatic carbocycles. The van der Waals surface area contributed by atoms with E-state index in [-0.39, 0.29) is 18.4 Å². The molecule has 0 aliphatic heterocycles. The monoisotopic (exact) mass is 289 g/mol. The van der Waals surface area contributed by atoms with Crippen molar-refractivity contribution in [3.05, 3.63) is 21.3 Å². The van der Waals surface area contributed by atoms with Crippen LogP contribution in [0.2, 0.25) is 4.34 Å². The minimum atomic E-state index is -0.842. The molecule has 1 aromatic rings. The van der Waals surface area contributed by atoms with Crippen LogP contribution in [-0.4, -0.2) is 34.5 Å². The Morgan fingerprint density at radius 2 is 2.11 bits per heavy atom. The molecule has 4 nitrogen and oxygen atoms in total. The van der Waals surface area contributed by atoms with Gasteiger partial charge in [-0.2, -0.15) is 0 Å². The Kier molecular flexibility index (Phi) is 5.62. The van der Waals surface area contributed by atoms with E-state index in [0.717, 1.165) is 0 Å². The zero-order valence-electron chi connectivity index (χ0n) is 10.4. The van der Waals surface area contributed by atoms with E-state index in [9.17, 15) is 9.59 Å². The number of aliphatic carboxylic acids is 1. The van der Waals surface area contributed by atoms with Crippen LogP contribution in [0.15, 0.2) is 12.1 Å². The number of thiophene rings is 1. The summed E-state index contributed by atoms with van der Waals surface area (Å²) in [5, 5.41) is 8.61. The number of carboxylic acids is 1. The number of carbonyl (C=O) groups excluding carboxylic acids is 1. The van der Waals surface area contributed by atoms with Gasteiger partial charge in [-0.25, -0.2) is 0 Å². The third-order valence-electron chi connectivity index (χ3n) is 2.46. The number of carbonyl (C=O) groups is 2. The third kappa shape index (κ3) is 4.31. The number of rotatable bonds is 6. The van der Waals surface area contributed by atoms with Crippen molar-refractivity contribution in [2.75, 3.05) is 6.54 Å². The van der Waals surface area contributed by atoms with Gasteiger partial charge in [-0.1, -0.05) is 11.6 Å².